The molecule has 0 unspecified atom stereocenters. The van der Waals surface area contributed by atoms with E-state index in [9.17, 15) is 9.59 Å². The van der Waals surface area contributed by atoms with Crippen LogP contribution in [0.25, 0.3) is 16.7 Å². The smallest absolute Gasteiger partial charge is 0.295 e. The number of rotatable bonds is 6. The monoisotopic (exact) mass is 407 g/mol. The number of nitrogens with zero attached hydrogens (tertiary/aromatic N) is 3. The predicted molar refractivity (Wildman–Crippen MR) is 117 cm³/mol. The Balaban J connectivity index is 1.42. The molecule has 0 bridgehead atoms. The maximum absolute atomic E-state index is 12.8. The lowest BCUT2D eigenvalue weighted by Gasteiger charge is -2.07. The third kappa shape index (κ3) is 3.84. The first-order valence-corrected chi connectivity index (χ1v) is 10.4. The Labute approximate surface area is 171 Å². The van der Waals surface area contributed by atoms with E-state index in [1.165, 1.54) is 11.8 Å². The van der Waals surface area contributed by atoms with Gasteiger partial charge in [-0.1, -0.05) is 30.3 Å². The zero-order valence-electron chi connectivity index (χ0n) is 16.2. The van der Waals surface area contributed by atoms with E-state index in [0.29, 0.717) is 17.1 Å². The highest BCUT2D eigenvalue weighted by Crippen LogP contribution is 2.17. The molecule has 7 nitrogen and oxygen atoms in total. The second-order valence-corrected chi connectivity index (χ2v) is 7.66. The zero-order chi connectivity index (χ0) is 20.4. The van der Waals surface area contributed by atoms with Crippen molar-refractivity contribution in [1.82, 2.24) is 19.3 Å². The molecule has 0 saturated carbocycles. The largest absolute Gasteiger partial charge is 0.341 e. The third-order valence-corrected chi connectivity index (χ3v) is 5.67. The summed E-state index contributed by atoms with van der Waals surface area (Å²) in [6.45, 7) is 1.82. The molecule has 2 aromatic carbocycles. The van der Waals surface area contributed by atoms with E-state index in [1.54, 1.807) is 16.4 Å². The second-order valence-electron chi connectivity index (χ2n) is 6.68. The van der Waals surface area contributed by atoms with E-state index in [2.05, 4.69) is 15.3 Å². The Kier molecular flexibility index (Phi) is 5.26. The van der Waals surface area contributed by atoms with Gasteiger partial charge in [0.05, 0.1) is 33.9 Å². The molecule has 0 radical (unpaired) electrons. The molecule has 2 aromatic heterocycles. The Morgan fingerprint density at radius 3 is 2.62 bits per heavy atom. The number of hydrogen-bond acceptors (Lipinski definition) is 4. The molecule has 0 fully saturated rings. The summed E-state index contributed by atoms with van der Waals surface area (Å²) >= 11 is 1.45. The molecule has 8 heteroatoms. The highest BCUT2D eigenvalue weighted by Gasteiger charge is 2.18. The van der Waals surface area contributed by atoms with Crippen molar-refractivity contribution in [2.24, 2.45) is 7.05 Å². The van der Waals surface area contributed by atoms with Gasteiger partial charge < -0.3 is 10.3 Å². The molecule has 4 rings (SSSR count). The molecule has 29 heavy (non-hydrogen) atoms. The van der Waals surface area contributed by atoms with Crippen LogP contribution in [0, 0.1) is 6.92 Å². The van der Waals surface area contributed by atoms with Gasteiger partial charge in [-0.25, -0.2) is 9.67 Å². The van der Waals surface area contributed by atoms with Crippen LogP contribution in [0.2, 0.25) is 0 Å². The summed E-state index contributed by atoms with van der Waals surface area (Å²) in [6, 6.07) is 17.2. The fourth-order valence-electron chi connectivity index (χ4n) is 3.20. The van der Waals surface area contributed by atoms with Gasteiger partial charge in [0.1, 0.15) is 11.5 Å². The van der Waals surface area contributed by atoms with E-state index in [1.807, 2.05) is 61.5 Å². The molecule has 2 N–H and O–H groups in total. The quantitative estimate of drug-likeness (QED) is 0.514. The minimum atomic E-state index is -0.244. The summed E-state index contributed by atoms with van der Waals surface area (Å²) in [5.41, 5.74) is 3.41. The number of anilines is 1. The van der Waals surface area contributed by atoms with Crippen molar-refractivity contribution in [2.45, 2.75) is 12.7 Å². The summed E-state index contributed by atoms with van der Waals surface area (Å²) in [6.07, 6.45) is 0. The number of thioether (sulfide) groups is 1. The Bertz CT molecular complexity index is 1190. The van der Waals surface area contributed by atoms with Crippen molar-refractivity contribution < 1.29 is 4.79 Å². The number of aromatic nitrogens is 4. The van der Waals surface area contributed by atoms with Gasteiger partial charge in [0.25, 0.3) is 5.56 Å². The average molecular weight is 407 g/mol. The number of carbonyl (C=O) groups excluding carboxylic acids is 1. The average Bonchev–Trinajstić information content (AvgIpc) is 3.23. The molecule has 0 aliphatic heterocycles. The van der Waals surface area contributed by atoms with E-state index in [0.717, 1.165) is 22.5 Å². The number of hydrogen-bond donors (Lipinski definition) is 2. The van der Waals surface area contributed by atoms with Gasteiger partial charge in [-0.15, -0.1) is 11.8 Å². The van der Waals surface area contributed by atoms with Gasteiger partial charge in [-0.2, -0.15) is 0 Å². The fourth-order valence-corrected chi connectivity index (χ4v) is 3.89. The molecule has 0 aliphatic rings. The van der Waals surface area contributed by atoms with Crippen LogP contribution in [0.3, 0.4) is 0 Å². The summed E-state index contributed by atoms with van der Waals surface area (Å²) in [5.74, 6) is 1.43. The highest BCUT2D eigenvalue weighted by molar-refractivity contribution is 7.99. The van der Waals surface area contributed by atoms with Crippen molar-refractivity contribution in [3.8, 4) is 5.69 Å². The van der Waals surface area contributed by atoms with E-state index >= 15 is 0 Å². The minimum absolute atomic E-state index is 0.211. The maximum atomic E-state index is 12.8. The first-order valence-electron chi connectivity index (χ1n) is 9.20. The van der Waals surface area contributed by atoms with Crippen molar-refractivity contribution in [1.29, 1.82) is 0 Å². The highest BCUT2D eigenvalue weighted by atomic mass is 32.2. The first kappa shape index (κ1) is 19.1. The van der Waals surface area contributed by atoms with Crippen LogP contribution in [-0.2, 0) is 17.6 Å². The lowest BCUT2D eigenvalue weighted by atomic mass is 10.3. The fraction of sp³-hybridized carbons (Fsp3) is 0.190. The SMILES string of the molecule is Cc1c(NC(=O)CSCc2nc3ccccc3[nH]2)c(=O)n(-c2ccccc2)n1C. The normalized spacial score (nSPS) is 11.1. The predicted octanol–water partition coefficient (Wildman–Crippen LogP) is 3.23. The first-order chi connectivity index (χ1) is 14.0. The molecule has 148 valence electrons. The number of H-pyrrole nitrogens is 1. The molecule has 0 atom stereocenters. The van der Waals surface area contributed by atoms with Gasteiger partial charge in [-0.05, 0) is 31.2 Å². The number of aromatic amines is 1. The summed E-state index contributed by atoms with van der Waals surface area (Å²) in [7, 11) is 1.80. The maximum Gasteiger partial charge on any atom is 0.295 e. The number of fused-ring (bicyclic) bond motifs is 1. The van der Waals surface area contributed by atoms with Gasteiger partial charge in [0.2, 0.25) is 5.91 Å². The van der Waals surface area contributed by atoms with Crippen LogP contribution < -0.4 is 10.9 Å². The van der Waals surface area contributed by atoms with Crippen molar-refractivity contribution in [2.75, 3.05) is 11.1 Å². The van der Waals surface area contributed by atoms with Crippen LogP contribution in [0.15, 0.2) is 59.4 Å². The van der Waals surface area contributed by atoms with Crippen LogP contribution in [0.1, 0.15) is 11.5 Å². The van der Waals surface area contributed by atoms with Crippen LogP contribution in [0.5, 0.6) is 0 Å². The van der Waals surface area contributed by atoms with Crippen molar-refractivity contribution in [3.05, 3.63) is 76.5 Å². The Morgan fingerprint density at radius 2 is 1.86 bits per heavy atom. The van der Waals surface area contributed by atoms with Gasteiger partial charge >= 0.3 is 0 Å². The molecular weight excluding hydrogens is 386 g/mol. The number of carbonyl (C=O) groups is 1. The lowest BCUT2D eigenvalue weighted by molar-refractivity contribution is -0.113. The van der Waals surface area contributed by atoms with Gasteiger partial charge in [0, 0.05) is 7.05 Å². The molecule has 2 heterocycles. The number of benzene rings is 2. The number of amides is 1. The Morgan fingerprint density at radius 1 is 1.14 bits per heavy atom. The Hall–Kier alpha value is -3.26. The summed E-state index contributed by atoms with van der Waals surface area (Å²) in [5, 5.41) is 2.78. The van der Waals surface area contributed by atoms with E-state index < -0.39 is 0 Å². The number of imidazole rings is 1. The van der Waals surface area contributed by atoms with E-state index in [4.69, 9.17) is 0 Å². The third-order valence-electron chi connectivity index (χ3n) is 4.73. The van der Waals surface area contributed by atoms with Crippen LogP contribution in [0.4, 0.5) is 5.69 Å². The van der Waals surface area contributed by atoms with Gasteiger partial charge in [-0.3, -0.25) is 14.3 Å². The van der Waals surface area contributed by atoms with Crippen molar-refractivity contribution in [3.63, 3.8) is 0 Å². The number of para-hydroxylation sites is 3. The number of nitrogens with one attached hydrogen (secondary N) is 2. The van der Waals surface area contributed by atoms with E-state index in [-0.39, 0.29) is 17.2 Å². The molecule has 1 amide bonds. The zero-order valence-corrected chi connectivity index (χ0v) is 17.0. The topological polar surface area (TPSA) is 84.7 Å². The van der Waals surface area contributed by atoms with Gasteiger partial charge in [0.15, 0.2) is 0 Å². The van der Waals surface area contributed by atoms with Crippen LogP contribution >= 0.6 is 11.8 Å². The molecule has 0 aliphatic carbocycles. The molecular formula is C21H21N5O2S. The van der Waals surface area contributed by atoms with Crippen molar-refractivity contribution >= 4 is 34.4 Å². The molecule has 0 spiro atoms. The summed E-state index contributed by atoms with van der Waals surface area (Å²) < 4.78 is 3.29. The minimum Gasteiger partial charge on any atom is -0.341 e. The summed E-state index contributed by atoms with van der Waals surface area (Å²) in [4.78, 5) is 33.0. The lowest BCUT2D eigenvalue weighted by Crippen LogP contribution is -2.23. The standard InChI is InChI=1S/C21H21N5O2S/c1-14-20(21(28)26(25(14)2)15-8-4-3-5-9-15)24-19(27)13-29-12-18-22-16-10-6-7-11-17(16)23-18/h3-11H,12-13H2,1-2H3,(H,22,23)(H,24,27). The van der Waals surface area contributed by atoms with Crippen LogP contribution in [-0.4, -0.2) is 31.0 Å². The molecule has 4 aromatic rings. The second kappa shape index (κ2) is 8.00. The molecule has 0 saturated heterocycles.